The number of carbonyl (C=O) groups is 1. The zero-order valence-corrected chi connectivity index (χ0v) is 11.2. The molecule has 0 radical (unpaired) electrons. The monoisotopic (exact) mass is 247 g/mol. The fourth-order valence-corrected chi connectivity index (χ4v) is 2.63. The predicted molar refractivity (Wildman–Crippen MR) is 70.8 cm³/mol. The Morgan fingerprint density at radius 2 is 2.06 bits per heavy atom. The van der Waals surface area contributed by atoms with Gasteiger partial charge in [-0.25, -0.2) is 4.79 Å². The zero-order valence-electron chi connectivity index (χ0n) is 11.2. The van der Waals surface area contributed by atoms with E-state index in [-0.39, 0.29) is 5.97 Å². The van der Waals surface area contributed by atoms with Crippen LogP contribution in [-0.2, 0) is 11.2 Å². The van der Waals surface area contributed by atoms with E-state index in [1.165, 1.54) is 25.7 Å². The van der Waals surface area contributed by atoms with Gasteiger partial charge in [0.05, 0.1) is 17.9 Å². The number of carbonyl (C=O) groups excluding carboxylic acids is 1. The van der Waals surface area contributed by atoms with Gasteiger partial charge in [0.15, 0.2) is 0 Å². The summed E-state index contributed by atoms with van der Waals surface area (Å²) in [5, 5.41) is 0. The molecule has 1 aliphatic carbocycles. The minimum Gasteiger partial charge on any atom is -0.462 e. The lowest BCUT2D eigenvalue weighted by Crippen LogP contribution is -2.11. The molecule has 0 unspecified atom stereocenters. The van der Waals surface area contributed by atoms with Gasteiger partial charge in [-0.1, -0.05) is 19.8 Å². The Hall–Kier alpha value is -1.38. The zero-order chi connectivity index (χ0) is 13.0. The third-order valence-corrected chi connectivity index (χ3v) is 3.60. The lowest BCUT2D eigenvalue weighted by molar-refractivity contribution is 0.0524. The van der Waals surface area contributed by atoms with Gasteiger partial charge in [-0.2, -0.15) is 0 Å². The predicted octanol–water partition coefficient (Wildman–Crippen LogP) is 3.48. The average Bonchev–Trinajstić information content (AvgIpc) is 2.92. The number of rotatable bonds is 4. The van der Waals surface area contributed by atoms with Crippen LogP contribution in [0.3, 0.4) is 0 Å². The van der Waals surface area contributed by atoms with Crippen LogP contribution >= 0.6 is 0 Å². The van der Waals surface area contributed by atoms with Crippen molar-refractivity contribution in [3.8, 4) is 0 Å². The van der Waals surface area contributed by atoms with E-state index in [1.54, 1.807) is 0 Å². The lowest BCUT2D eigenvalue weighted by Gasteiger charge is -2.12. The van der Waals surface area contributed by atoms with Crippen LogP contribution in [-0.4, -0.2) is 17.6 Å². The molecule has 1 saturated carbocycles. The Morgan fingerprint density at radius 3 is 2.67 bits per heavy atom. The quantitative estimate of drug-likeness (QED) is 0.765. The van der Waals surface area contributed by atoms with E-state index in [2.05, 4.69) is 4.98 Å². The Kier molecular flexibility index (Phi) is 4.34. The molecule has 3 nitrogen and oxygen atoms in total. The number of hydrogen-bond donors (Lipinski definition) is 0. The third kappa shape index (κ3) is 2.71. The van der Waals surface area contributed by atoms with Gasteiger partial charge in [0.25, 0.3) is 0 Å². The molecule has 2 rings (SSSR count). The normalized spacial score (nSPS) is 15.9. The van der Waals surface area contributed by atoms with Crippen molar-refractivity contribution in [3.05, 3.63) is 29.1 Å². The highest BCUT2D eigenvalue weighted by Gasteiger charge is 2.20. The summed E-state index contributed by atoms with van der Waals surface area (Å²) < 4.78 is 5.06. The van der Waals surface area contributed by atoms with Crippen LogP contribution in [0.15, 0.2) is 12.1 Å². The van der Waals surface area contributed by atoms with E-state index < -0.39 is 0 Å². The molecule has 3 heteroatoms. The molecule has 0 aliphatic heterocycles. The lowest BCUT2D eigenvalue weighted by atomic mass is 10.0. The molecular formula is C15H21NO2. The highest BCUT2D eigenvalue weighted by Crippen LogP contribution is 2.33. The fourth-order valence-electron chi connectivity index (χ4n) is 2.63. The maximum atomic E-state index is 11.8. The van der Waals surface area contributed by atoms with Crippen LogP contribution < -0.4 is 0 Å². The first-order chi connectivity index (χ1) is 8.76. The van der Waals surface area contributed by atoms with Crippen molar-refractivity contribution in [2.75, 3.05) is 6.61 Å². The summed E-state index contributed by atoms with van der Waals surface area (Å²) in [7, 11) is 0. The number of hydrogen-bond acceptors (Lipinski definition) is 3. The first-order valence-corrected chi connectivity index (χ1v) is 6.93. The van der Waals surface area contributed by atoms with Gasteiger partial charge in [-0.05, 0) is 38.3 Å². The molecule has 0 atom stereocenters. The van der Waals surface area contributed by atoms with E-state index in [4.69, 9.17) is 4.74 Å². The van der Waals surface area contributed by atoms with Gasteiger partial charge in [-0.3, -0.25) is 4.98 Å². The van der Waals surface area contributed by atoms with Crippen LogP contribution in [0.5, 0.6) is 0 Å². The van der Waals surface area contributed by atoms with Gasteiger partial charge in [0, 0.05) is 11.6 Å². The van der Waals surface area contributed by atoms with E-state index in [0.717, 1.165) is 17.8 Å². The van der Waals surface area contributed by atoms with Crippen LogP contribution in [0.1, 0.15) is 67.2 Å². The number of aromatic nitrogens is 1. The largest absolute Gasteiger partial charge is 0.462 e. The van der Waals surface area contributed by atoms with Crippen molar-refractivity contribution >= 4 is 5.97 Å². The van der Waals surface area contributed by atoms with Gasteiger partial charge < -0.3 is 4.74 Å². The van der Waals surface area contributed by atoms with Gasteiger partial charge >= 0.3 is 5.97 Å². The molecule has 18 heavy (non-hydrogen) atoms. The number of nitrogens with zero attached hydrogens (tertiary/aromatic N) is 1. The topological polar surface area (TPSA) is 39.2 Å². The van der Waals surface area contributed by atoms with Gasteiger partial charge in [0.2, 0.25) is 0 Å². The van der Waals surface area contributed by atoms with Crippen molar-refractivity contribution in [1.82, 2.24) is 4.98 Å². The summed E-state index contributed by atoms with van der Waals surface area (Å²) in [4.78, 5) is 16.5. The molecule has 0 aromatic carbocycles. The molecule has 1 aromatic rings. The highest BCUT2D eigenvalue weighted by atomic mass is 16.5. The van der Waals surface area contributed by atoms with Crippen LogP contribution in [0.25, 0.3) is 0 Å². The van der Waals surface area contributed by atoms with Crippen LogP contribution in [0.2, 0.25) is 0 Å². The molecule has 0 bridgehead atoms. The van der Waals surface area contributed by atoms with Gasteiger partial charge in [-0.15, -0.1) is 0 Å². The summed E-state index contributed by atoms with van der Waals surface area (Å²) in [5.41, 5.74) is 2.65. The maximum absolute atomic E-state index is 11.8. The van der Waals surface area contributed by atoms with Gasteiger partial charge in [0.1, 0.15) is 0 Å². The number of aryl methyl sites for hydroxylation is 1. The van der Waals surface area contributed by atoms with E-state index in [9.17, 15) is 4.79 Å². The Morgan fingerprint density at radius 1 is 1.33 bits per heavy atom. The molecule has 0 spiro atoms. The Bertz CT molecular complexity index is 423. The molecule has 1 heterocycles. The molecule has 98 valence electrons. The fraction of sp³-hybridized carbons (Fsp3) is 0.600. The minimum absolute atomic E-state index is 0.250. The van der Waals surface area contributed by atoms with E-state index in [0.29, 0.717) is 18.1 Å². The van der Waals surface area contributed by atoms with Crippen LogP contribution in [0, 0.1) is 0 Å². The van der Waals surface area contributed by atoms with Crippen molar-refractivity contribution in [1.29, 1.82) is 0 Å². The summed E-state index contributed by atoms with van der Waals surface area (Å²) in [6, 6.07) is 3.89. The number of ether oxygens (including phenoxy) is 1. The molecular weight excluding hydrogens is 226 g/mol. The molecule has 1 aromatic heterocycles. The SMILES string of the molecule is CCOC(=O)c1ccc(C2CCCC2)nc1CC. The van der Waals surface area contributed by atoms with Crippen LogP contribution in [0.4, 0.5) is 0 Å². The van der Waals surface area contributed by atoms with E-state index in [1.807, 2.05) is 26.0 Å². The second kappa shape index (κ2) is 5.98. The molecule has 1 fully saturated rings. The van der Waals surface area contributed by atoms with Crippen molar-refractivity contribution in [2.45, 2.75) is 51.9 Å². The van der Waals surface area contributed by atoms with Crippen molar-refractivity contribution < 1.29 is 9.53 Å². The Labute approximate surface area is 109 Å². The smallest absolute Gasteiger partial charge is 0.339 e. The molecule has 0 saturated heterocycles. The molecule has 0 amide bonds. The third-order valence-electron chi connectivity index (χ3n) is 3.60. The minimum atomic E-state index is -0.250. The standard InChI is InChI=1S/C15H21NO2/c1-3-13-12(15(17)18-4-2)9-10-14(16-13)11-7-5-6-8-11/h9-11H,3-8H2,1-2H3. The summed E-state index contributed by atoms with van der Waals surface area (Å²) in [6.45, 7) is 4.26. The second-order valence-corrected chi connectivity index (χ2v) is 4.79. The summed E-state index contributed by atoms with van der Waals surface area (Å²) in [5.74, 6) is 0.339. The highest BCUT2D eigenvalue weighted by molar-refractivity contribution is 5.90. The number of esters is 1. The second-order valence-electron chi connectivity index (χ2n) is 4.79. The average molecular weight is 247 g/mol. The van der Waals surface area contributed by atoms with E-state index >= 15 is 0 Å². The maximum Gasteiger partial charge on any atom is 0.339 e. The number of pyridine rings is 1. The summed E-state index contributed by atoms with van der Waals surface area (Å²) >= 11 is 0. The van der Waals surface area contributed by atoms with Crippen molar-refractivity contribution in [2.24, 2.45) is 0 Å². The molecule has 0 N–H and O–H groups in total. The Balaban J connectivity index is 2.24. The molecule has 1 aliphatic rings. The van der Waals surface area contributed by atoms with Crippen molar-refractivity contribution in [3.63, 3.8) is 0 Å². The first-order valence-electron chi connectivity index (χ1n) is 6.93. The first kappa shape index (κ1) is 13.1. The summed E-state index contributed by atoms with van der Waals surface area (Å²) in [6.07, 6.45) is 5.83.